The first-order valence-corrected chi connectivity index (χ1v) is 17.0. The molecule has 4 aromatic rings. The second-order valence-corrected chi connectivity index (χ2v) is 13.7. The molecule has 1 heterocycles. The number of hydrogen-bond acceptors (Lipinski definition) is 4. The number of phenolic OH excluding ortho intramolecular Hbond substituents is 1. The number of aryl methyl sites for hydroxylation is 1. The fraction of sp³-hybridized carbons (Fsp3) is 0.302. The lowest BCUT2D eigenvalue weighted by Crippen LogP contribution is -2.43. The summed E-state index contributed by atoms with van der Waals surface area (Å²) >= 11 is 0. The predicted molar refractivity (Wildman–Crippen MR) is 200 cm³/mol. The summed E-state index contributed by atoms with van der Waals surface area (Å²) < 4.78 is 0. The fourth-order valence-corrected chi connectivity index (χ4v) is 6.60. The maximum Gasteiger partial charge on any atom is 0.115 e. The highest BCUT2D eigenvalue weighted by atomic mass is 16.3. The molecule has 0 bridgehead atoms. The Bertz CT molecular complexity index is 1670. The lowest BCUT2D eigenvalue weighted by Gasteiger charge is -2.35. The Balaban J connectivity index is 1.21. The molecule has 0 aromatic heterocycles. The van der Waals surface area contributed by atoms with E-state index in [2.05, 4.69) is 142 Å². The summed E-state index contributed by atoms with van der Waals surface area (Å²) in [6, 6.07) is 34.0. The minimum absolute atomic E-state index is 0.0289. The summed E-state index contributed by atoms with van der Waals surface area (Å²) in [5.41, 5.74) is 9.26. The van der Waals surface area contributed by atoms with E-state index in [0.29, 0.717) is 11.7 Å². The molecule has 3 atom stereocenters. The molecule has 1 fully saturated rings. The van der Waals surface area contributed by atoms with Crippen molar-refractivity contribution in [1.29, 1.82) is 0 Å². The maximum absolute atomic E-state index is 9.68. The highest BCUT2D eigenvalue weighted by molar-refractivity contribution is 5.64. The van der Waals surface area contributed by atoms with Crippen LogP contribution in [0, 0.1) is 11.3 Å². The van der Waals surface area contributed by atoms with Crippen LogP contribution in [0.15, 0.2) is 134 Å². The van der Waals surface area contributed by atoms with Crippen molar-refractivity contribution in [1.82, 2.24) is 5.32 Å². The third kappa shape index (κ3) is 8.25. The van der Waals surface area contributed by atoms with Crippen LogP contribution in [0.1, 0.15) is 69.2 Å². The van der Waals surface area contributed by atoms with Crippen LogP contribution in [0.3, 0.4) is 0 Å². The first-order valence-electron chi connectivity index (χ1n) is 17.0. The predicted octanol–water partition coefficient (Wildman–Crippen LogP) is 10.6. The Morgan fingerprint density at radius 1 is 0.915 bits per heavy atom. The second-order valence-electron chi connectivity index (χ2n) is 13.7. The zero-order valence-corrected chi connectivity index (χ0v) is 28.7. The Labute approximate surface area is 282 Å². The van der Waals surface area contributed by atoms with Crippen molar-refractivity contribution in [2.24, 2.45) is 11.3 Å². The second kappa shape index (κ2) is 14.9. The fourth-order valence-electron chi connectivity index (χ4n) is 6.60. The molecular formula is C43H51N3O. The van der Waals surface area contributed by atoms with Gasteiger partial charge in [0.05, 0.1) is 5.54 Å². The molecule has 5 rings (SSSR count). The van der Waals surface area contributed by atoms with Gasteiger partial charge in [-0.3, -0.25) is 0 Å². The molecule has 1 aliphatic heterocycles. The van der Waals surface area contributed by atoms with E-state index in [1.165, 1.54) is 28.7 Å². The van der Waals surface area contributed by atoms with Crippen molar-refractivity contribution >= 4 is 17.1 Å². The number of aromatic hydroxyl groups is 1. The summed E-state index contributed by atoms with van der Waals surface area (Å²) in [7, 11) is 0. The van der Waals surface area contributed by atoms with Gasteiger partial charge in [-0.2, -0.15) is 0 Å². The van der Waals surface area contributed by atoms with Gasteiger partial charge in [0.1, 0.15) is 5.75 Å². The summed E-state index contributed by atoms with van der Waals surface area (Å²) in [6.07, 6.45) is 11.4. The van der Waals surface area contributed by atoms with Gasteiger partial charge in [0.2, 0.25) is 0 Å². The smallest absolute Gasteiger partial charge is 0.115 e. The van der Waals surface area contributed by atoms with Crippen molar-refractivity contribution in [2.45, 2.75) is 65.3 Å². The standard InChI is InChI=1S/C43H51N3O/c1-7-9-37(26-28-42(5,6)32(4)35-14-24-41(47)25-15-35)45-39-20-22-40(23-21-39)46-38-18-12-34(13-19-38)30-43(31(3)27-29-44-43)36-16-10-33(8-2)11-17-36/h7,9-26,28,31-32,44-47H,1,8,27,29-30H2,2-6H3/b28-26-,37-9+. The topological polar surface area (TPSA) is 56.3 Å². The minimum atomic E-state index is -0.102. The summed E-state index contributed by atoms with van der Waals surface area (Å²) in [4.78, 5) is 0. The quantitative estimate of drug-likeness (QED) is 0.112. The van der Waals surface area contributed by atoms with Crippen LogP contribution >= 0.6 is 0 Å². The van der Waals surface area contributed by atoms with Gasteiger partial charge < -0.3 is 21.1 Å². The highest BCUT2D eigenvalue weighted by Crippen LogP contribution is 2.40. The number of hydrogen-bond donors (Lipinski definition) is 4. The van der Waals surface area contributed by atoms with Gasteiger partial charge in [-0.25, -0.2) is 0 Å². The van der Waals surface area contributed by atoms with Crippen LogP contribution in [0.4, 0.5) is 17.1 Å². The Morgan fingerprint density at radius 2 is 1.51 bits per heavy atom. The number of anilines is 3. The van der Waals surface area contributed by atoms with Gasteiger partial charge in [0.15, 0.2) is 0 Å². The molecule has 0 saturated carbocycles. The van der Waals surface area contributed by atoms with Gasteiger partial charge >= 0.3 is 0 Å². The average molecular weight is 626 g/mol. The molecule has 4 heteroatoms. The molecule has 4 nitrogen and oxygen atoms in total. The van der Waals surface area contributed by atoms with E-state index < -0.39 is 0 Å². The molecule has 1 saturated heterocycles. The molecular weight excluding hydrogens is 574 g/mol. The molecule has 47 heavy (non-hydrogen) atoms. The Hall–Kier alpha value is -4.54. The van der Waals surface area contributed by atoms with Gasteiger partial charge in [-0.1, -0.05) is 102 Å². The third-order valence-corrected chi connectivity index (χ3v) is 10.1. The molecule has 0 amide bonds. The van der Waals surface area contributed by atoms with Crippen LogP contribution in [0.2, 0.25) is 0 Å². The van der Waals surface area contributed by atoms with Crippen molar-refractivity contribution in [3.63, 3.8) is 0 Å². The summed E-state index contributed by atoms with van der Waals surface area (Å²) in [6.45, 7) is 16.2. The van der Waals surface area contributed by atoms with Crippen molar-refractivity contribution in [3.05, 3.63) is 156 Å². The number of allylic oxidation sites excluding steroid dienone is 4. The first-order chi connectivity index (χ1) is 22.6. The normalized spacial score (nSPS) is 19.1. The minimum Gasteiger partial charge on any atom is -0.508 e. The number of nitrogens with one attached hydrogen (secondary N) is 3. The number of rotatable bonds is 13. The highest BCUT2D eigenvalue weighted by Gasteiger charge is 2.41. The molecule has 4 aromatic carbocycles. The van der Waals surface area contributed by atoms with Gasteiger partial charge in [-0.15, -0.1) is 0 Å². The lowest BCUT2D eigenvalue weighted by atomic mass is 9.76. The summed E-state index contributed by atoms with van der Waals surface area (Å²) in [5.74, 6) is 1.13. The van der Waals surface area contributed by atoms with Crippen LogP contribution in [0.5, 0.6) is 5.75 Å². The van der Waals surface area contributed by atoms with E-state index in [1.54, 1.807) is 18.2 Å². The van der Waals surface area contributed by atoms with Crippen LogP contribution < -0.4 is 16.0 Å². The van der Waals surface area contributed by atoms with E-state index in [0.717, 1.165) is 42.1 Å². The molecule has 0 spiro atoms. The van der Waals surface area contributed by atoms with E-state index in [4.69, 9.17) is 0 Å². The van der Waals surface area contributed by atoms with Crippen LogP contribution in [0.25, 0.3) is 0 Å². The average Bonchev–Trinajstić information content (AvgIpc) is 3.45. The van der Waals surface area contributed by atoms with E-state index in [9.17, 15) is 5.11 Å². The molecule has 244 valence electrons. The van der Waals surface area contributed by atoms with Crippen molar-refractivity contribution in [3.8, 4) is 5.75 Å². The molecule has 3 unspecified atom stereocenters. The van der Waals surface area contributed by atoms with Gasteiger partial charge in [0, 0.05) is 22.8 Å². The lowest BCUT2D eigenvalue weighted by molar-refractivity contribution is 0.298. The van der Waals surface area contributed by atoms with Crippen molar-refractivity contribution in [2.75, 3.05) is 17.2 Å². The number of benzene rings is 4. The van der Waals surface area contributed by atoms with Crippen LogP contribution in [-0.4, -0.2) is 11.7 Å². The maximum atomic E-state index is 9.68. The molecule has 4 N–H and O–H groups in total. The third-order valence-electron chi connectivity index (χ3n) is 10.1. The zero-order chi connectivity index (χ0) is 33.4. The summed E-state index contributed by atoms with van der Waals surface area (Å²) in [5, 5.41) is 20.7. The molecule has 0 radical (unpaired) electrons. The molecule has 1 aliphatic rings. The van der Waals surface area contributed by atoms with E-state index >= 15 is 0 Å². The van der Waals surface area contributed by atoms with E-state index in [1.807, 2.05) is 18.2 Å². The Kier molecular flexibility index (Phi) is 10.7. The number of phenols is 1. The van der Waals surface area contributed by atoms with Crippen molar-refractivity contribution < 1.29 is 5.11 Å². The largest absolute Gasteiger partial charge is 0.508 e. The Morgan fingerprint density at radius 3 is 2.09 bits per heavy atom. The van der Waals surface area contributed by atoms with Gasteiger partial charge in [0.25, 0.3) is 0 Å². The molecule has 0 aliphatic carbocycles. The first kappa shape index (κ1) is 33.8. The van der Waals surface area contributed by atoms with Crippen LogP contribution in [-0.2, 0) is 18.4 Å². The van der Waals surface area contributed by atoms with Gasteiger partial charge in [-0.05, 0) is 126 Å². The zero-order valence-electron chi connectivity index (χ0n) is 28.7. The SMILES string of the molecule is C=C/C=C(\C=C/C(C)(C)C(C)c1ccc(O)cc1)Nc1ccc(Nc2ccc(CC3(c4ccc(CC)cc4)NCCC3C)cc2)cc1. The van der Waals surface area contributed by atoms with E-state index in [-0.39, 0.29) is 16.9 Å². The monoisotopic (exact) mass is 625 g/mol.